The molecule has 0 aliphatic carbocycles. The van der Waals surface area contributed by atoms with Gasteiger partial charge in [-0.2, -0.15) is 0 Å². The van der Waals surface area contributed by atoms with Gasteiger partial charge >= 0.3 is 6.03 Å². The highest BCUT2D eigenvalue weighted by Crippen LogP contribution is 2.13. The summed E-state index contributed by atoms with van der Waals surface area (Å²) < 4.78 is 0. The zero-order chi connectivity index (χ0) is 13.0. The van der Waals surface area contributed by atoms with Crippen molar-refractivity contribution in [1.29, 1.82) is 0 Å². The van der Waals surface area contributed by atoms with Crippen LogP contribution in [-0.2, 0) is 4.84 Å². The average Bonchev–Trinajstić information content (AvgIpc) is 2.40. The second kappa shape index (κ2) is 5.64. The van der Waals surface area contributed by atoms with E-state index in [0.717, 1.165) is 12.8 Å². The van der Waals surface area contributed by atoms with Gasteiger partial charge in [-0.1, -0.05) is 12.1 Å². The molecule has 0 saturated carbocycles. The molecule has 0 unspecified atom stereocenters. The highest BCUT2D eigenvalue weighted by atomic mass is 16.7. The second-order valence-corrected chi connectivity index (χ2v) is 4.21. The largest absolute Gasteiger partial charge is 0.345 e. The molecule has 5 nitrogen and oxygen atoms in total. The molecule has 0 radical (unpaired) electrons. The van der Waals surface area contributed by atoms with Crippen molar-refractivity contribution in [2.45, 2.75) is 19.8 Å². The van der Waals surface area contributed by atoms with Crippen LogP contribution in [0.25, 0.3) is 0 Å². The molecule has 1 saturated heterocycles. The van der Waals surface area contributed by atoms with E-state index < -0.39 is 0 Å². The predicted octanol–water partition coefficient (Wildman–Crippen LogP) is 2.45. The maximum atomic E-state index is 11.9. The summed E-state index contributed by atoms with van der Waals surface area (Å²) in [5.74, 6) is -0.0275. The standard InChI is InChI=1S/C13H16N2O3/c1-10(16)11-5-4-6-12(9-11)14-13(17)15-7-2-3-8-18-15/h4-6,9H,2-3,7-8H2,1H3,(H,14,17). The lowest BCUT2D eigenvalue weighted by Crippen LogP contribution is -2.38. The molecule has 1 N–H and O–H groups in total. The van der Waals surface area contributed by atoms with Crippen molar-refractivity contribution in [2.24, 2.45) is 0 Å². The van der Waals surface area contributed by atoms with Gasteiger partial charge in [0, 0.05) is 11.3 Å². The topological polar surface area (TPSA) is 58.6 Å². The zero-order valence-electron chi connectivity index (χ0n) is 10.3. The van der Waals surface area contributed by atoms with Crippen LogP contribution in [0.4, 0.5) is 10.5 Å². The summed E-state index contributed by atoms with van der Waals surface area (Å²) in [6, 6.07) is 6.56. The first-order chi connectivity index (χ1) is 8.66. The average molecular weight is 248 g/mol. The number of hydrogen-bond acceptors (Lipinski definition) is 3. The van der Waals surface area contributed by atoms with Gasteiger partial charge < -0.3 is 5.32 Å². The Morgan fingerprint density at radius 3 is 2.83 bits per heavy atom. The molecule has 1 aromatic rings. The second-order valence-electron chi connectivity index (χ2n) is 4.21. The van der Waals surface area contributed by atoms with Crippen molar-refractivity contribution in [1.82, 2.24) is 5.06 Å². The van der Waals surface area contributed by atoms with Crippen molar-refractivity contribution in [3.8, 4) is 0 Å². The number of hydroxylamine groups is 2. The number of hydrogen-bond donors (Lipinski definition) is 1. The van der Waals surface area contributed by atoms with Gasteiger partial charge in [0.25, 0.3) is 0 Å². The lowest BCUT2D eigenvalue weighted by molar-refractivity contribution is -0.135. The summed E-state index contributed by atoms with van der Waals surface area (Å²) in [5.41, 5.74) is 1.18. The van der Waals surface area contributed by atoms with E-state index in [1.807, 2.05) is 0 Å². The third kappa shape index (κ3) is 3.07. The van der Waals surface area contributed by atoms with Crippen molar-refractivity contribution < 1.29 is 14.4 Å². The Morgan fingerprint density at radius 2 is 2.17 bits per heavy atom. The van der Waals surface area contributed by atoms with Crippen LogP contribution in [0.3, 0.4) is 0 Å². The number of carbonyl (C=O) groups is 2. The van der Waals surface area contributed by atoms with E-state index in [-0.39, 0.29) is 11.8 Å². The normalized spacial score (nSPS) is 15.3. The van der Waals surface area contributed by atoms with Crippen LogP contribution in [-0.4, -0.2) is 30.0 Å². The quantitative estimate of drug-likeness (QED) is 0.818. The molecule has 0 atom stereocenters. The van der Waals surface area contributed by atoms with Crippen LogP contribution in [0, 0.1) is 0 Å². The third-order valence-electron chi connectivity index (χ3n) is 2.75. The van der Waals surface area contributed by atoms with Crippen LogP contribution in [0.2, 0.25) is 0 Å². The fraction of sp³-hybridized carbons (Fsp3) is 0.385. The van der Waals surface area contributed by atoms with E-state index in [4.69, 9.17) is 4.84 Å². The smallest absolute Gasteiger partial charge is 0.306 e. The minimum Gasteiger partial charge on any atom is -0.306 e. The first kappa shape index (κ1) is 12.6. The number of carbonyl (C=O) groups excluding carboxylic acids is 2. The summed E-state index contributed by atoms with van der Waals surface area (Å²) in [5, 5.41) is 4.04. The van der Waals surface area contributed by atoms with E-state index in [0.29, 0.717) is 24.4 Å². The SMILES string of the molecule is CC(=O)c1cccc(NC(=O)N2CCCCO2)c1. The summed E-state index contributed by atoms with van der Waals surface area (Å²) in [6.45, 7) is 2.66. The first-order valence-electron chi connectivity index (χ1n) is 5.99. The van der Waals surface area contributed by atoms with Crippen molar-refractivity contribution in [3.05, 3.63) is 29.8 Å². The van der Waals surface area contributed by atoms with Crippen LogP contribution in [0.15, 0.2) is 24.3 Å². The summed E-state index contributed by atoms with van der Waals surface area (Å²) in [4.78, 5) is 28.3. The van der Waals surface area contributed by atoms with Gasteiger partial charge in [0.1, 0.15) is 0 Å². The van der Waals surface area contributed by atoms with Gasteiger partial charge in [0.05, 0.1) is 13.2 Å². The summed E-state index contributed by atoms with van der Waals surface area (Å²) in [7, 11) is 0. The number of amides is 2. The Kier molecular flexibility index (Phi) is 3.94. The number of nitrogens with zero attached hydrogens (tertiary/aromatic N) is 1. The highest BCUT2D eigenvalue weighted by molar-refractivity contribution is 5.96. The molecule has 96 valence electrons. The molecule has 1 aromatic carbocycles. The summed E-state index contributed by atoms with van der Waals surface area (Å²) >= 11 is 0. The molecule has 1 aliphatic rings. The molecule has 0 spiro atoms. The molecular formula is C13H16N2O3. The lowest BCUT2D eigenvalue weighted by atomic mass is 10.1. The summed E-state index contributed by atoms with van der Waals surface area (Å²) in [6.07, 6.45) is 1.92. The number of rotatable bonds is 2. The van der Waals surface area contributed by atoms with E-state index >= 15 is 0 Å². The van der Waals surface area contributed by atoms with Gasteiger partial charge in [-0.25, -0.2) is 9.86 Å². The number of urea groups is 1. The van der Waals surface area contributed by atoms with Gasteiger partial charge in [-0.05, 0) is 31.9 Å². The zero-order valence-corrected chi connectivity index (χ0v) is 10.3. The Labute approximate surface area is 106 Å². The first-order valence-corrected chi connectivity index (χ1v) is 5.99. The van der Waals surface area contributed by atoms with Crippen LogP contribution in [0.1, 0.15) is 30.1 Å². The van der Waals surface area contributed by atoms with Gasteiger partial charge in [-0.15, -0.1) is 0 Å². The molecule has 1 aliphatic heterocycles. The third-order valence-corrected chi connectivity index (χ3v) is 2.75. The number of benzene rings is 1. The number of nitrogens with one attached hydrogen (secondary N) is 1. The molecule has 5 heteroatoms. The molecule has 1 heterocycles. The van der Waals surface area contributed by atoms with E-state index in [1.54, 1.807) is 24.3 Å². The van der Waals surface area contributed by atoms with E-state index in [2.05, 4.69) is 5.32 Å². The lowest BCUT2D eigenvalue weighted by Gasteiger charge is -2.25. The monoisotopic (exact) mass is 248 g/mol. The molecular weight excluding hydrogens is 232 g/mol. The number of anilines is 1. The minimum absolute atomic E-state index is 0.0275. The Morgan fingerprint density at radius 1 is 1.33 bits per heavy atom. The Balaban J connectivity index is 2.02. The fourth-order valence-corrected chi connectivity index (χ4v) is 1.76. The van der Waals surface area contributed by atoms with Crippen molar-refractivity contribution in [3.63, 3.8) is 0 Å². The predicted molar refractivity (Wildman–Crippen MR) is 67.4 cm³/mol. The maximum absolute atomic E-state index is 11.9. The minimum atomic E-state index is -0.296. The van der Waals surface area contributed by atoms with Crippen LogP contribution < -0.4 is 5.32 Å². The van der Waals surface area contributed by atoms with Crippen LogP contribution >= 0.6 is 0 Å². The fourth-order valence-electron chi connectivity index (χ4n) is 1.76. The van der Waals surface area contributed by atoms with Gasteiger partial charge in [0.15, 0.2) is 5.78 Å². The number of Topliss-reactive ketones (excluding diaryl/α,β-unsaturated/α-hetero) is 1. The van der Waals surface area contributed by atoms with Crippen molar-refractivity contribution in [2.75, 3.05) is 18.5 Å². The Hall–Kier alpha value is -1.88. The molecule has 2 rings (SSSR count). The number of ketones is 1. The molecule has 18 heavy (non-hydrogen) atoms. The highest BCUT2D eigenvalue weighted by Gasteiger charge is 2.17. The Bertz CT molecular complexity index is 453. The maximum Gasteiger partial charge on any atom is 0.345 e. The van der Waals surface area contributed by atoms with Gasteiger partial charge in [0.2, 0.25) is 0 Å². The molecule has 1 fully saturated rings. The van der Waals surface area contributed by atoms with Gasteiger partial charge in [-0.3, -0.25) is 9.63 Å². The molecule has 0 aromatic heterocycles. The molecule has 2 amide bonds. The van der Waals surface area contributed by atoms with E-state index in [9.17, 15) is 9.59 Å². The molecule has 0 bridgehead atoms. The van der Waals surface area contributed by atoms with Crippen molar-refractivity contribution >= 4 is 17.5 Å². The van der Waals surface area contributed by atoms with E-state index in [1.165, 1.54) is 12.0 Å². The van der Waals surface area contributed by atoms with Crippen LogP contribution in [0.5, 0.6) is 0 Å².